The van der Waals surface area contributed by atoms with E-state index in [4.69, 9.17) is 24.1 Å². The second-order valence-corrected chi connectivity index (χ2v) is 11.2. The van der Waals surface area contributed by atoms with Crippen molar-refractivity contribution >= 4 is 5.97 Å². The van der Waals surface area contributed by atoms with Gasteiger partial charge >= 0.3 is 5.97 Å². The molecular formula is C32H48O8. The fraction of sp³-hybridized carbons (Fsp3) is 0.656. The lowest BCUT2D eigenvalue weighted by Gasteiger charge is -2.39. The van der Waals surface area contributed by atoms with Gasteiger partial charge < -0.3 is 34.3 Å². The molecule has 3 N–H and O–H groups in total. The number of carbonyl (C=O) groups is 1. The van der Waals surface area contributed by atoms with Crippen molar-refractivity contribution in [2.75, 3.05) is 39.6 Å². The summed E-state index contributed by atoms with van der Waals surface area (Å²) in [4.78, 5) is 12.0. The summed E-state index contributed by atoms with van der Waals surface area (Å²) in [6.07, 6.45) is 7.49. The molecule has 8 heteroatoms. The predicted molar refractivity (Wildman–Crippen MR) is 152 cm³/mol. The zero-order valence-corrected chi connectivity index (χ0v) is 24.0. The van der Waals surface area contributed by atoms with Crippen LogP contribution in [-0.4, -0.2) is 73.5 Å². The highest BCUT2D eigenvalue weighted by atomic mass is 16.7. The molecule has 40 heavy (non-hydrogen) atoms. The Morgan fingerprint density at radius 3 is 2.25 bits per heavy atom. The van der Waals surface area contributed by atoms with Crippen LogP contribution in [0.5, 0.6) is 0 Å². The van der Waals surface area contributed by atoms with Crippen LogP contribution in [-0.2, 0) is 30.2 Å². The number of carbonyl (C=O) groups excluding carboxylic acids is 1. The van der Waals surface area contributed by atoms with E-state index in [9.17, 15) is 15.0 Å². The number of aliphatic hydroxyl groups is 3. The Bertz CT molecular complexity index is 913. The summed E-state index contributed by atoms with van der Waals surface area (Å²) in [7, 11) is 0. The van der Waals surface area contributed by atoms with Crippen molar-refractivity contribution in [3.63, 3.8) is 0 Å². The monoisotopic (exact) mass is 560 g/mol. The number of rotatable bonds is 16. The van der Waals surface area contributed by atoms with Gasteiger partial charge in [-0.05, 0) is 61.5 Å². The molecule has 1 aliphatic heterocycles. The molecule has 2 atom stereocenters. The van der Waals surface area contributed by atoms with E-state index < -0.39 is 37.7 Å². The van der Waals surface area contributed by atoms with Crippen LogP contribution in [0.15, 0.2) is 48.6 Å². The normalized spacial score (nSPS) is 24.7. The van der Waals surface area contributed by atoms with Crippen molar-refractivity contribution in [3.05, 3.63) is 59.7 Å². The highest BCUT2D eigenvalue weighted by molar-refractivity contribution is 5.87. The van der Waals surface area contributed by atoms with Crippen LogP contribution in [0.25, 0.3) is 0 Å². The van der Waals surface area contributed by atoms with Crippen LogP contribution in [0.3, 0.4) is 0 Å². The summed E-state index contributed by atoms with van der Waals surface area (Å²) in [5.74, 6) is 0.170. The average Bonchev–Trinajstić information content (AvgIpc) is 3.00. The quantitative estimate of drug-likeness (QED) is 0.0903. The van der Waals surface area contributed by atoms with E-state index in [1.165, 1.54) is 30.4 Å². The first kappa shape index (κ1) is 32.4. The lowest BCUT2D eigenvalue weighted by molar-refractivity contribution is -0.249. The Kier molecular flexibility index (Phi) is 13.8. The van der Waals surface area contributed by atoms with E-state index in [1.54, 1.807) is 0 Å². The highest BCUT2D eigenvalue weighted by Crippen LogP contribution is 2.40. The summed E-state index contributed by atoms with van der Waals surface area (Å²) in [6, 6.07) is 9.24. The van der Waals surface area contributed by atoms with E-state index >= 15 is 0 Å². The lowest BCUT2D eigenvalue weighted by Crippen LogP contribution is -2.43. The van der Waals surface area contributed by atoms with Crippen LogP contribution < -0.4 is 0 Å². The second-order valence-electron chi connectivity index (χ2n) is 11.2. The van der Waals surface area contributed by atoms with E-state index in [0.29, 0.717) is 25.0 Å². The topological polar surface area (TPSA) is 115 Å². The molecule has 0 radical (unpaired) electrons. The summed E-state index contributed by atoms with van der Waals surface area (Å²) in [6.45, 7) is 9.28. The third-order valence-electron chi connectivity index (χ3n) is 8.22. The zero-order valence-electron chi connectivity index (χ0n) is 24.0. The third kappa shape index (κ3) is 9.79. The molecule has 0 spiro atoms. The fourth-order valence-electron chi connectivity index (χ4n) is 5.50. The molecule has 1 aliphatic carbocycles. The van der Waals surface area contributed by atoms with Gasteiger partial charge in [-0.3, -0.25) is 0 Å². The first-order valence-corrected chi connectivity index (χ1v) is 14.7. The van der Waals surface area contributed by atoms with Crippen LogP contribution in [0, 0.1) is 17.8 Å². The lowest BCUT2D eigenvalue weighted by atomic mass is 9.74. The van der Waals surface area contributed by atoms with Crippen LogP contribution >= 0.6 is 0 Å². The minimum Gasteiger partial charge on any atom is -0.462 e. The number of unbranched alkanes of at least 4 members (excludes halogenated alkanes) is 2. The van der Waals surface area contributed by atoms with Gasteiger partial charge in [-0.2, -0.15) is 0 Å². The molecule has 1 heterocycles. The highest BCUT2D eigenvalue weighted by Gasteiger charge is 2.36. The largest absolute Gasteiger partial charge is 0.462 e. The maximum absolute atomic E-state index is 12.0. The van der Waals surface area contributed by atoms with Crippen molar-refractivity contribution in [1.29, 1.82) is 0 Å². The maximum atomic E-state index is 12.0. The Labute approximate surface area is 239 Å². The third-order valence-corrected chi connectivity index (χ3v) is 8.22. The minimum absolute atomic E-state index is 0.0447. The van der Waals surface area contributed by atoms with Crippen LogP contribution in [0.2, 0.25) is 0 Å². The molecule has 1 aromatic carbocycles. The Hall–Kier alpha value is -2.07. The van der Waals surface area contributed by atoms with Gasteiger partial charge in [0.1, 0.15) is 6.61 Å². The summed E-state index contributed by atoms with van der Waals surface area (Å²) in [5.41, 5.74) is 2.94. The van der Waals surface area contributed by atoms with Crippen molar-refractivity contribution in [3.8, 4) is 0 Å². The number of ether oxygens (including phenoxy) is 4. The van der Waals surface area contributed by atoms with Crippen LogP contribution in [0.4, 0.5) is 0 Å². The molecule has 0 amide bonds. The number of benzene rings is 1. The van der Waals surface area contributed by atoms with E-state index in [0.717, 1.165) is 32.1 Å². The molecule has 1 saturated heterocycles. The molecule has 8 nitrogen and oxygen atoms in total. The van der Waals surface area contributed by atoms with Crippen LogP contribution in [0.1, 0.15) is 68.9 Å². The second kappa shape index (κ2) is 17.0. The minimum atomic E-state index is -1.36. The number of aryl methyl sites for hydroxylation is 1. The summed E-state index contributed by atoms with van der Waals surface area (Å²) < 4.78 is 22.9. The molecule has 1 aromatic rings. The van der Waals surface area contributed by atoms with Crippen molar-refractivity contribution in [1.82, 2.24) is 0 Å². The van der Waals surface area contributed by atoms with Gasteiger partial charge in [0.15, 0.2) is 12.6 Å². The molecule has 2 aliphatic rings. The molecule has 0 bridgehead atoms. The molecule has 2 unspecified atom stereocenters. The molecule has 0 aromatic heterocycles. The summed E-state index contributed by atoms with van der Waals surface area (Å²) >= 11 is 0. The van der Waals surface area contributed by atoms with E-state index in [-0.39, 0.29) is 30.3 Å². The number of aliphatic hydroxyl groups excluding tert-OH is 3. The maximum Gasteiger partial charge on any atom is 0.335 e. The van der Waals surface area contributed by atoms with Gasteiger partial charge in [-0.15, -0.1) is 0 Å². The fourth-order valence-corrected chi connectivity index (χ4v) is 5.50. The van der Waals surface area contributed by atoms with Crippen molar-refractivity contribution in [2.45, 2.75) is 76.8 Å². The molecule has 224 valence electrons. The average molecular weight is 561 g/mol. The van der Waals surface area contributed by atoms with Gasteiger partial charge in [-0.25, -0.2) is 4.79 Å². The van der Waals surface area contributed by atoms with Crippen molar-refractivity contribution < 1.29 is 39.1 Å². The summed E-state index contributed by atoms with van der Waals surface area (Å²) in [5, 5.41) is 28.3. The van der Waals surface area contributed by atoms with Gasteiger partial charge in [-0.1, -0.05) is 57.2 Å². The molecule has 3 rings (SSSR count). The van der Waals surface area contributed by atoms with E-state index in [2.05, 4.69) is 44.3 Å². The Balaban J connectivity index is 1.47. The Morgan fingerprint density at radius 2 is 1.65 bits per heavy atom. The standard InChI is InChI=1S/C32H48O8/c1-4-5-6-7-24-8-10-25(11-9-24)26-12-14-27(15-13-26)28-18-39-32(40-19-28)29(20-37-30(35)22(2)16-33)21-38-31(36)23(3)17-34/h8-11,26-30,32-35H,2-7,12-21H2,1H3. The van der Waals surface area contributed by atoms with E-state index in [1.807, 2.05) is 0 Å². The van der Waals surface area contributed by atoms with Gasteiger partial charge in [0, 0.05) is 11.5 Å². The van der Waals surface area contributed by atoms with Gasteiger partial charge in [0.25, 0.3) is 0 Å². The number of esters is 1. The smallest absolute Gasteiger partial charge is 0.335 e. The zero-order chi connectivity index (χ0) is 28.9. The number of hydrogen-bond acceptors (Lipinski definition) is 8. The molecule has 2 fully saturated rings. The SMILES string of the molecule is C=C(CO)C(=O)OCC(COC(O)C(=C)CO)C1OCC(C2CCC(c3ccc(CCCCC)cc3)CC2)CO1. The van der Waals surface area contributed by atoms with Gasteiger partial charge in [0.05, 0.1) is 44.5 Å². The molecule has 1 saturated carbocycles. The van der Waals surface area contributed by atoms with Gasteiger partial charge in [0.2, 0.25) is 0 Å². The van der Waals surface area contributed by atoms with Crippen molar-refractivity contribution in [2.24, 2.45) is 17.8 Å². The Morgan fingerprint density at radius 1 is 0.975 bits per heavy atom. The molecular weight excluding hydrogens is 512 g/mol. The first-order valence-electron chi connectivity index (χ1n) is 14.7. The predicted octanol–water partition coefficient (Wildman–Crippen LogP) is 4.27. The number of hydrogen-bond donors (Lipinski definition) is 3. The first-order chi connectivity index (χ1) is 19.4.